The van der Waals surface area contributed by atoms with Gasteiger partial charge in [-0.05, 0) is 36.9 Å². The Balaban J connectivity index is 2.21. The quantitative estimate of drug-likeness (QED) is 0.827. The highest BCUT2D eigenvalue weighted by atomic mass is 35.5. The third kappa shape index (κ3) is 2.07. The number of aromatic nitrogens is 1. The SMILES string of the molecule is CCNC(c1ccncc1Cl)C1CC1. The predicted molar refractivity (Wildman–Crippen MR) is 58.4 cm³/mol. The van der Waals surface area contributed by atoms with Crippen molar-refractivity contribution < 1.29 is 0 Å². The normalized spacial score (nSPS) is 18.1. The standard InChI is InChI=1S/C11H15ClN2/c1-2-14-11(8-3-4-8)9-5-6-13-7-10(9)12/h5-8,11,14H,2-4H2,1H3. The van der Waals surface area contributed by atoms with Gasteiger partial charge in [0.05, 0.1) is 5.02 Å². The van der Waals surface area contributed by atoms with E-state index in [1.165, 1.54) is 18.4 Å². The lowest BCUT2D eigenvalue weighted by atomic mass is 10.0. The number of hydrogen-bond donors (Lipinski definition) is 1. The molecule has 0 saturated heterocycles. The van der Waals surface area contributed by atoms with Crippen LogP contribution in [-0.2, 0) is 0 Å². The van der Waals surface area contributed by atoms with E-state index >= 15 is 0 Å². The van der Waals surface area contributed by atoms with Gasteiger partial charge in [0.25, 0.3) is 0 Å². The fourth-order valence-electron chi connectivity index (χ4n) is 1.82. The second-order valence-electron chi connectivity index (χ2n) is 3.77. The van der Waals surface area contributed by atoms with Crippen LogP contribution in [0.4, 0.5) is 0 Å². The average molecular weight is 211 g/mol. The lowest BCUT2D eigenvalue weighted by Crippen LogP contribution is -2.22. The first-order valence-corrected chi connectivity index (χ1v) is 5.53. The van der Waals surface area contributed by atoms with E-state index in [0.717, 1.165) is 17.5 Å². The molecule has 1 saturated carbocycles. The van der Waals surface area contributed by atoms with Gasteiger partial charge < -0.3 is 5.32 Å². The van der Waals surface area contributed by atoms with E-state index < -0.39 is 0 Å². The number of pyridine rings is 1. The van der Waals surface area contributed by atoms with E-state index in [1.807, 2.05) is 12.3 Å². The molecule has 0 amide bonds. The van der Waals surface area contributed by atoms with Crippen LogP contribution in [0.1, 0.15) is 31.4 Å². The second-order valence-corrected chi connectivity index (χ2v) is 4.18. The molecule has 0 aromatic carbocycles. The molecule has 76 valence electrons. The first-order valence-electron chi connectivity index (χ1n) is 5.15. The van der Waals surface area contributed by atoms with Gasteiger partial charge in [-0.3, -0.25) is 4.98 Å². The Labute approximate surface area is 89.7 Å². The van der Waals surface area contributed by atoms with Crippen molar-refractivity contribution in [1.29, 1.82) is 0 Å². The van der Waals surface area contributed by atoms with Crippen LogP contribution in [0.15, 0.2) is 18.5 Å². The number of nitrogens with zero attached hydrogens (tertiary/aromatic N) is 1. The molecule has 2 rings (SSSR count). The molecule has 14 heavy (non-hydrogen) atoms. The van der Waals surface area contributed by atoms with Gasteiger partial charge in [-0.1, -0.05) is 18.5 Å². The maximum absolute atomic E-state index is 6.12. The zero-order valence-corrected chi connectivity index (χ0v) is 9.09. The van der Waals surface area contributed by atoms with Gasteiger partial charge in [-0.2, -0.15) is 0 Å². The Morgan fingerprint density at radius 3 is 3.00 bits per heavy atom. The summed E-state index contributed by atoms with van der Waals surface area (Å²) in [6, 6.07) is 2.45. The third-order valence-electron chi connectivity index (χ3n) is 2.66. The van der Waals surface area contributed by atoms with Crippen molar-refractivity contribution in [1.82, 2.24) is 10.3 Å². The van der Waals surface area contributed by atoms with Crippen LogP contribution in [0.25, 0.3) is 0 Å². The van der Waals surface area contributed by atoms with Crippen molar-refractivity contribution in [2.75, 3.05) is 6.54 Å². The Hall–Kier alpha value is -0.600. The van der Waals surface area contributed by atoms with Crippen LogP contribution in [0.3, 0.4) is 0 Å². The number of nitrogens with one attached hydrogen (secondary N) is 1. The van der Waals surface area contributed by atoms with Crippen molar-refractivity contribution in [3.05, 3.63) is 29.0 Å². The summed E-state index contributed by atoms with van der Waals surface area (Å²) in [7, 11) is 0. The molecule has 1 heterocycles. The van der Waals surface area contributed by atoms with Crippen molar-refractivity contribution in [3.8, 4) is 0 Å². The molecule has 1 fully saturated rings. The summed E-state index contributed by atoms with van der Waals surface area (Å²) in [6.07, 6.45) is 6.17. The first-order chi connectivity index (χ1) is 6.83. The van der Waals surface area contributed by atoms with Crippen LogP contribution < -0.4 is 5.32 Å². The maximum atomic E-state index is 6.12. The largest absolute Gasteiger partial charge is 0.310 e. The first kappa shape index (κ1) is 9.94. The Kier molecular flexibility index (Phi) is 3.04. The van der Waals surface area contributed by atoms with Gasteiger partial charge in [0.2, 0.25) is 0 Å². The van der Waals surface area contributed by atoms with Gasteiger partial charge >= 0.3 is 0 Å². The number of halogens is 1. The highest BCUT2D eigenvalue weighted by molar-refractivity contribution is 6.31. The van der Waals surface area contributed by atoms with Crippen LogP contribution in [0.5, 0.6) is 0 Å². The highest BCUT2D eigenvalue weighted by Crippen LogP contribution is 2.42. The topological polar surface area (TPSA) is 24.9 Å². The molecule has 1 aromatic heterocycles. The molecule has 1 aliphatic rings. The number of rotatable bonds is 4. The molecular weight excluding hydrogens is 196 g/mol. The fraction of sp³-hybridized carbons (Fsp3) is 0.545. The van der Waals surface area contributed by atoms with Gasteiger partial charge in [-0.25, -0.2) is 0 Å². The maximum Gasteiger partial charge on any atom is 0.0637 e. The minimum atomic E-state index is 0.426. The summed E-state index contributed by atoms with van der Waals surface area (Å²) in [4.78, 5) is 4.01. The lowest BCUT2D eigenvalue weighted by molar-refractivity contribution is 0.496. The van der Waals surface area contributed by atoms with Gasteiger partial charge in [-0.15, -0.1) is 0 Å². The van der Waals surface area contributed by atoms with Gasteiger partial charge in [0.15, 0.2) is 0 Å². The molecule has 1 aromatic rings. The van der Waals surface area contributed by atoms with E-state index in [0.29, 0.717) is 6.04 Å². The minimum absolute atomic E-state index is 0.426. The number of hydrogen-bond acceptors (Lipinski definition) is 2. The van der Waals surface area contributed by atoms with E-state index in [1.54, 1.807) is 6.20 Å². The molecule has 1 aliphatic carbocycles. The van der Waals surface area contributed by atoms with Gasteiger partial charge in [0, 0.05) is 18.4 Å². The highest BCUT2D eigenvalue weighted by Gasteiger charge is 2.32. The molecule has 0 aliphatic heterocycles. The Bertz CT molecular complexity index is 310. The van der Waals surface area contributed by atoms with Crippen molar-refractivity contribution in [2.24, 2.45) is 5.92 Å². The molecule has 1 unspecified atom stereocenters. The van der Waals surface area contributed by atoms with E-state index in [2.05, 4.69) is 17.2 Å². The molecule has 0 radical (unpaired) electrons. The van der Waals surface area contributed by atoms with E-state index in [4.69, 9.17) is 11.6 Å². The summed E-state index contributed by atoms with van der Waals surface area (Å²) < 4.78 is 0. The average Bonchev–Trinajstić information content (AvgIpc) is 2.99. The molecule has 2 nitrogen and oxygen atoms in total. The lowest BCUT2D eigenvalue weighted by Gasteiger charge is -2.18. The molecule has 0 bridgehead atoms. The van der Waals surface area contributed by atoms with Crippen molar-refractivity contribution in [2.45, 2.75) is 25.8 Å². The molecule has 3 heteroatoms. The Morgan fingerprint density at radius 1 is 1.64 bits per heavy atom. The van der Waals surface area contributed by atoms with E-state index in [-0.39, 0.29) is 0 Å². The zero-order valence-electron chi connectivity index (χ0n) is 8.33. The Morgan fingerprint density at radius 2 is 2.43 bits per heavy atom. The molecule has 1 N–H and O–H groups in total. The van der Waals surface area contributed by atoms with Crippen molar-refractivity contribution >= 4 is 11.6 Å². The molecule has 1 atom stereocenters. The summed E-state index contributed by atoms with van der Waals surface area (Å²) in [5.41, 5.74) is 1.20. The summed E-state index contributed by atoms with van der Waals surface area (Å²) in [5, 5.41) is 4.27. The second kappa shape index (κ2) is 4.28. The summed E-state index contributed by atoms with van der Waals surface area (Å²) in [5.74, 6) is 0.773. The van der Waals surface area contributed by atoms with Crippen LogP contribution in [0, 0.1) is 5.92 Å². The van der Waals surface area contributed by atoms with Crippen LogP contribution >= 0.6 is 11.6 Å². The summed E-state index contributed by atoms with van der Waals surface area (Å²) >= 11 is 6.12. The monoisotopic (exact) mass is 210 g/mol. The minimum Gasteiger partial charge on any atom is -0.310 e. The van der Waals surface area contributed by atoms with Crippen LogP contribution in [0.2, 0.25) is 5.02 Å². The smallest absolute Gasteiger partial charge is 0.0637 e. The van der Waals surface area contributed by atoms with Crippen LogP contribution in [-0.4, -0.2) is 11.5 Å². The molecule has 0 spiro atoms. The van der Waals surface area contributed by atoms with Gasteiger partial charge in [0.1, 0.15) is 0 Å². The van der Waals surface area contributed by atoms with Crippen molar-refractivity contribution in [3.63, 3.8) is 0 Å². The zero-order chi connectivity index (χ0) is 9.97. The van der Waals surface area contributed by atoms with E-state index in [9.17, 15) is 0 Å². The third-order valence-corrected chi connectivity index (χ3v) is 2.97. The molecular formula is C11H15ClN2. The fourth-order valence-corrected chi connectivity index (χ4v) is 2.06. The summed E-state index contributed by atoms with van der Waals surface area (Å²) in [6.45, 7) is 3.12. The predicted octanol–water partition coefficient (Wildman–Crippen LogP) is 2.80.